The van der Waals surface area contributed by atoms with E-state index < -0.39 is 22.3 Å². The monoisotopic (exact) mass is 263 g/mol. The summed E-state index contributed by atoms with van der Waals surface area (Å²) in [5.41, 5.74) is -0.530. The average Bonchev–Trinajstić information content (AvgIpc) is 2.77. The number of carbonyl (C=O) groups excluding carboxylic acids is 1. The van der Waals surface area contributed by atoms with Crippen LogP contribution in [0.25, 0.3) is 0 Å². The van der Waals surface area contributed by atoms with Gasteiger partial charge >= 0.3 is 0 Å². The van der Waals surface area contributed by atoms with Crippen molar-refractivity contribution in [3.63, 3.8) is 0 Å². The van der Waals surface area contributed by atoms with Gasteiger partial charge in [-0.2, -0.15) is 0 Å². The van der Waals surface area contributed by atoms with E-state index in [2.05, 4.69) is 10.5 Å². The summed E-state index contributed by atoms with van der Waals surface area (Å²) in [5.74, 6) is -0.768. The number of rotatable bonds is 3. The van der Waals surface area contributed by atoms with Gasteiger partial charge in [-0.3, -0.25) is 14.9 Å². The topological polar surface area (TPSA) is 118 Å². The van der Waals surface area contributed by atoms with E-state index >= 15 is 0 Å². The van der Waals surface area contributed by atoms with Gasteiger partial charge in [-0.05, 0) is 13.0 Å². The molecule has 98 valence electrons. The number of aromatic nitrogens is 1. The molecule has 2 aromatic rings. The number of aryl methyl sites for hydroxylation is 1. The van der Waals surface area contributed by atoms with Crippen molar-refractivity contribution in [3.05, 3.63) is 45.8 Å². The number of para-hydroxylation sites is 1. The number of carbonyl (C=O) groups is 1. The minimum Gasteiger partial charge on any atom is -0.505 e. The molecule has 0 aliphatic heterocycles. The van der Waals surface area contributed by atoms with Gasteiger partial charge in [-0.15, -0.1) is 0 Å². The van der Waals surface area contributed by atoms with Gasteiger partial charge in [0.2, 0.25) is 0 Å². The zero-order valence-electron chi connectivity index (χ0n) is 9.78. The predicted octanol–water partition coefficient (Wildman–Crippen LogP) is 1.85. The molecular weight excluding hydrogens is 254 g/mol. The maximum atomic E-state index is 11.9. The van der Waals surface area contributed by atoms with E-state index in [-0.39, 0.29) is 17.0 Å². The second kappa shape index (κ2) is 4.77. The first kappa shape index (κ1) is 12.6. The third-order valence-electron chi connectivity index (χ3n) is 2.45. The Kier molecular flexibility index (Phi) is 3.15. The highest BCUT2D eigenvalue weighted by molar-refractivity contribution is 6.06. The molecule has 1 heterocycles. The van der Waals surface area contributed by atoms with E-state index in [1.165, 1.54) is 31.3 Å². The Bertz CT molecular complexity index is 650. The number of phenols is 1. The quantitative estimate of drug-likeness (QED) is 0.495. The molecule has 0 radical (unpaired) electrons. The molecule has 2 rings (SSSR count). The molecule has 19 heavy (non-hydrogen) atoms. The number of phenolic OH excluding ortho intramolecular Hbond substituents is 1. The molecule has 1 aromatic heterocycles. The number of anilines is 1. The molecule has 0 aliphatic rings. The van der Waals surface area contributed by atoms with Crippen LogP contribution in [0, 0.1) is 17.0 Å². The van der Waals surface area contributed by atoms with Crippen LogP contribution in [0.5, 0.6) is 5.75 Å². The van der Waals surface area contributed by atoms with Crippen molar-refractivity contribution in [2.24, 2.45) is 0 Å². The Morgan fingerprint density at radius 1 is 1.53 bits per heavy atom. The molecule has 0 atom stereocenters. The van der Waals surface area contributed by atoms with Crippen LogP contribution in [-0.4, -0.2) is 21.1 Å². The van der Waals surface area contributed by atoms with Crippen LogP contribution in [0.3, 0.4) is 0 Å². The SMILES string of the molecule is Cc1oncc1C(=O)Nc1c(O)cccc1[N+](=O)[O-]. The second-order valence-corrected chi connectivity index (χ2v) is 3.68. The maximum Gasteiger partial charge on any atom is 0.296 e. The highest BCUT2D eigenvalue weighted by Crippen LogP contribution is 2.33. The Balaban J connectivity index is 2.36. The Labute approximate surface area is 106 Å². The van der Waals surface area contributed by atoms with Crippen LogP contribution >= 0.6 is 0 Å². The van der Waals surface area contributed by atoms with Gasteiger partial charge in [0.25, 0.3) is 11.6 Å². The molecule has 0 aliphatic carbocycles. The number of nitrogens with one attached hydrogen (secondary N) is 1. The van der Waals surface area contributed by atoms with Gasteiger partial charge in [0.15, 0.2) is 5.69 Å². The minimum absolute atomic E-state index is 0.137. The van der Waals surface area contributed by atoms with Crippen molar-refractivity contribution < 1.29 is 19.3 Å². The van der Waals surface area contributed by atoms with E-state index in [4.69, 9.17) is 4.52 Å². The van der Waals surface area contributed by atoms with Crippen LogP contribution in [0.4, 0.5) is 11.4 Å². The van der Waals surface area contributed by atoms with Crippen LogP contribution in [0.1, 0.15) is 16.1 Å². The van der Waals surface area contributed by atoms with E-state index in [9.17, 15) is 20.0 Å². The Hall–Kier alpha value is -2.90. The molecular formula is C11H9N3O5. The summed E-state index contributed by atoms with van der Waals surface area (Å²) in [6, 6.07) is 3.73. The molecule has 0 saturated carbocycles. The highest BCUT2D eigenvalue weighted by atomic mass is 16.6. The Morgan fingerprint density at radius 2 is 2.26 bits per heavy atom. The maximum absolute atomic E-state index is 11.9. The first-order chi connectivity index (χ1) is 9.00. The summed E-state index contributed by atoms with van der Waals surface area (Å²) in [4.78, 5) is 22.0. The number of amides is 1. The molecule has 8 heteroatoms. The summed E-state index contributed by atoms with van der Waals surface area (Å²) in [6.45, 7) is 1.53. The smallest absolute Gasteiger partial charge is 0.296 e. The molecule has 0 fully saturated rings. The lowest BCUT2D eigenvalue weighted by atomic mass is 10.2. The second-order valence-electron chi connectivity index (χ2n) is 3.68. The average molecular weight is 263 g/mol. The van der Waals surface area contributed by atoms with E-state index in [1.807, 2.05) is 0 Å². The lowest BCUT2D eigenvalue weighted by Crippen LogP contribution is -2.13. The third kappa shape index (κ3) is 2.37. The van der Waals surface area contributed by atoms with Crippen molar-refractivity contribution in [2.45, 2.75) is 6.92 Å². The van der Waals surface area contributed by atoms with E-state index in [1.54, 1.807) is 0 Å². The lowest BCUT2D eigenvalue weighted by molar-refractivity contribution is -0.384. The number of hydrogen-bond donors (Lipinski definition) is 2. The number of aromatic hydroxyl groups is 1. The number of benzene rings is 1. The van der Waals surface area contributed by atoms with Crippen LogP contribution < -0.4 is 5.32 Å². The summed E-state index contributed by atoms with van der Waals surface area (Å²) < 4.78 is 4.72. The standard InChI is InChI=1S/C11H9N3O5/c1-6-7(5-12-19-6)11(16)13-10-8(14(17)18)3-2-4-9(10)15/h2-5,15H,1H3,(H,13,16). The van der Waals surface area contributed by atoms with Crippen molar-refractivity contribution in [1.29, 1.82) is 0 Å². The first-order valence-corrected chi connectivity index (χ1v) is 5.19. The summed E-state index contributed by atoms with van der Waals surface area (Å²) in [6.07, 6.45) is 1.19. The first-order valence-electron chi connectivity index (χ1n) is 5.19. The van der Waals surface area contributed by atoms with Gasteiger partial charge in [0.05, 0.1) is 11.1 Å². The third-order valence-corrected chi connectivity index (χ3v) is 2.45. The summed E-state index contributed by atoms with van der Waals surface area (Å²) in [5, 5.41) is 26.1. The molecule has 0 spiro atoms. The zero-order valence-corrected chi connectivity index (χ0v) is 9.78. The molecule has 8 nitrogen and oxygen atoms in total. The van der Waals surface area contributed by atoms with Crippen molar-refractivity contribution in [2.75, 3.05) is 5.32 Å². The molecule has 1 aromatic carbocycles. The number of hydrogen-bond acceptors (Lipinski definition) is 6. The number of nitro benzene ring substituents is 1. The fraction of sp³-hybridized carbons (Fsp3) is 0.0909. The molecule has 1 amide bonds. The molecule has 0 saturated heterocycles. The van der Waals surface area contributed by atoms with Gasteiger partial charge < -0.3 is 14.9 Å². The predicted molar refractivity (Wildman–Crippen MR) is 64.0 cm³/mol. The fourth-order valence-corrected chi connectivity index (χ4v) is 1.51. The summed E-state index contributed by atoms with van der Waals surface area (Å²) in [7, 11) is 0. The number of nitrogens with zero attached hydrogens (tertiary/aromatic N) is 2. The van der Waals surface area contributed by atoms with Crippen molar-refractivity contribution >= 4 is 17.3 Å². The van der Waals surface area contributed by atoms with Gasteiger partial charge in [-0.25, -0.2) is 0 Å². The minimum atomic E-state index is -0.699. The summed E-state index contributed by atoms with van der Waals surface area (Å²) >= 11 is 0. The normalized spacial score (nSPS) is 10.2. The fourth-order valence-electron chi connectivity index (χ4n) is 1.51. The van der Waals surface area contributed by atoms with Crippen LogP contribution in [0.15, 0.2) is 28.9 Å². The lowest BCUT2D eigenvalue weighted by Gasteiger charge is -2.06. The van der Waals surface area contributed by atoms with E-state index in [0.717, 1.165) is 0 Å². The van der Waals surface area contributed by atoms with E-state index in [0.29, 0.717) is 0 Å². The Morgan fingerprint density at radius 3 is 2.84 bits per heavy atom. The van der Waals surface area contributed by atoms with Crippen molar-refractivity contribution in [3.8, 4) is 5.75 Å². The van der Waals surface area contributed by atoms with Crippen LogP contribution in [-0.2, 0) is 0 Å². The molecule has 2 N–H and O–H groups in total. The van der Waals surface area contributed by atoms with Gasteiger partial charge in [0, 0.05) is 6.07 Å². The van der Waals surface area contributed by atoms with Gasteiger partial charge in [0.1, 0.15) is 17.1 Å². The zero-order chi connectivity index (χ0) is 14.0. The van der Waals surface area contributed by atoms with Gasteiger partial charge in [-0.1, -0.05) is 11.2 Å². The molecule has 0 unspecified atom stereocenters. The molecule has 0 bridgehead atoms. The highest BCUT2D eigenvalue weighted by Gasteiger charge is 2.21. The number of nitro groups is 1. The van der Waals surface area contributed by atoms with Crippen molar-refractivity contribution in [1.82, 2.24) is 5.16 Å². The largest absolute Gasteiger partial charge is 0.505 e. The van der Waals surface area contributed by atoms with Crippen LogP contribution in [0.2, 0.25) is 0 Å².